The molecule has 2 aromatic carbocycles. The van der Waals surface area contributed by atoms with Crippen molar-refractivity contribution in [3.8, 4) is 0 Å². The highest BCUT2D eigenvalue weighted by atomic mass is 32.2. The summed E-state index contributed by atoms with van der Waals surface area (Å²) >= 11 is 1.72. The van der Waals surface area contributed by atoms with E-state index in [9.17, 15) is 4.79 Å². The van der Waals surface area contributed by atoms with Crippen molar-refractivity contribution < 1.29 is 9.90 Å². The van der Waals surface area contributed by atoms with E-state index in [1.54, 1.807) is 23.9 Å². The highest BCUT2D eigenvalue weighted by molar-refractivity contribution is 7.98. The van der Waals surface area contributed by atoms with Gasteiger partial charge in [0.1, 0.15) is 0 Å². The largest absolute Gasteiger partial charge is 0.478 e. The molecule has 0 bridgehead atoms. The van der Waals surface area contributed by atoms with Gasteiger partial charge in [0.15, 0.2) is 0 Å². The highest BCUT2D eigenvalue weighted by Crippen LogP contribution is 2.19. The predicted octanol–water partition coefficient (Wildman–Crippen LogP) is 4.03. The minimum atomic E-state index is -0.896. The lowest BCUT2D eigenvalue weighted by molar-refractivity contribution is 0.0697. The van der Waals surface area contributed by atoms with Crippen LogP contribution in [0.4, 0.5) is 5.69 Å². The van der Waals surface area contributed by atoms with Gasteiger partial charge in [-0.1, -0.05) is 12.1 Å². The SMILES string of the molecule is CSc1ccc(CNc2ccc(C(=O)O)cc2C)cc1. The van der Waals surface area contributed by atoms with Crippen LogP contribution in [0, 0.1) is 6.92 Å². The number of hydrogen-bond acceptors (Lipinski definition) is 3. The Morgan fingerprint density at radius 2 is 1.90 bits per heavy atom. The fourth-order valence-corrected chi connectivity index (χ4v) is 2.34. The molecule has 0 saturated heterocycles. The first-order valence-corrected chi connectivity index (χ1v) is 7.53. The summed E-state index contributed by atoms with van der Waals surface area (Å²) in [5.41, 5.74) is 3.41. The number of benzene rings is 2. The third kappa shape index (κ3) is 3.54. The lowest BCUT2D eigenvalue weighted by atomic mass is 10.1. The maximum Gasteiger partial charge on any atom is 0.335 e. The van der Waals surface area contributed by atoms with Crippen molar-refractivity contribution >= 4 is 23.4 Å². The summed E-state index contributed by atoms with van der Waals surface area (Å²) in [6, 6.07) is 13.5. The number of aromatic carboxylic acids is 1. The molecule has 0 heterocycles. The van der Waals surface area contributed by atoms with Crippen LogP contribution in [0.3, 0.4) is 0 Å². The van der Waals surface area contributed by atoms with Crippen molar-refractivity contribution in [3.63, 3.8) is 0 Å². The van der Waals surface area contributed by atoms with Crippen LogP contribution in [0.2, 0.25) is 0 Å². The van der Waals surface area contributed by atoms with Crippen molar-refractivity contribution in [1.82, 2.24) is 0 Å². The van der Waals surface area contributed by atoms with E-state index in [2.05, 4.69) is 35.8 Å². The number of anilines is 1. The van der Waals surface area contributed by atoms with Crippen LogP contribution >= 0.6 is 11.8 Å². The van der Waals surface area contributed by atoms with Crippen LogP contribution in [0.1, 0.15) is 21.5 Å². The van der Waals surface area contributed by atoms with Crippen LogP contribution in [0.5, 0.6) is 0 Å². The zero-order valence-electron chi connectivity index (χ0n) is 11.5. The molecular formula is C16H17NO2S. The van der Waals surface area contributed by atoms with E-state index >= 15 is 0 Å². The maximum atomic E-state index is 10.9. The minimum absolute atomic E-state index is 0.317. The topological polar surface area (TPSA) is 49.3 Å². The van der Waals surface area contributed by atoms with E-state index in [0.29, 0.717) is 5.56 Å². The van der Waals surface area contributed by atoms with Gasteiger partial charge in [-0.05, 0) is 54.6 Å². The van der Waals surface area contributed by atoms with E-state index in [0.717, 1.165) is 17.8 Å². The van der Waals surface area contributed by atoms with Crippen LogP contribution in [0.25, 0.3) is 0 Å². The molecule has 20 heavy (non-hydrogen) atoms. The molecule has 3 nitrogen and oxygen atoms in total. The smallest absolute Gasteiger partial charge is 0.335 e. The monoisotopic (exact) mass is 287 g/mol. The molecule has 0 aromatic heterocycles. The Labute approximate surface area is 123 Å². The Morgan fingerprint density at radius 3 is 2.45 bits per heavy atom. The molecular weight excluding hydrogens is 270 g/mol. The van der Waals surface area contributed by atoms with Crippen LogP contribution in [-0.4, -0.2) is 17.3 Å². The molecule has 0 aliphatic rings. The first-order chi connectivity index (χ1) is 9.60. The molecule has 104 valence electrons. The second-order valence-corrected chi connectivity index (χ2v) is 5.42. The number of carboxylic acid groups (broad SMARTS) is 1. The normalized spacial score (nSPS) is 10.3. The first-order valence-electron chi connectivity index (χ1n) is 6.31. The third-order valence-corrected chi connectivity index (χ3v) is 3.86. The number of hydrogen-bond donors (Lipinski definition) is 2. The fraction of sp³-hybridized carbons (Fsp3) is 0.188. The van der Waals surface area contributed by atoms with E-state index < -0.39 is 5.97 Å². The fourth-order valence-electron chi connectivity index (χ4n) is 1.94. The lowest BCUT2D eigenvalue weighted by Gasteiger charge is -2.10. The first kappa shape index (κ1) is 14.5. The molecule has 0 aliphatic heterocycles. The molecule has 2 N–H and O–H groups in total. The van der Waals surface area contributed by atoms with Crippen LogP contribution in [0.15, 0.2) is 47.4 Å². The minimum Gasteiger partial charge on any atom is -0.478 e. The molecule has 0 fully saturated rings. The van der Waals surface area contributed by atoms with Gasteiger partial charge in [0.25, 0.3) is 0 Å². The van der Waals surface area contributed by atoms with E-state index in [4.69, 9.17) is 5.11 Å². The number of nitrogens with one attached hydrogen (secondary N) is 1. The molecule has 2 rings (SSSR count). The Morgan fingerprint density at radius 1 is 1.20 bits per heavy atom. The maximum absolute atomic E-state index is 10.9. The molecule has 0 amide bonds. The molecule has 0 radical (unpaired) electrons. The van der Waals surface area contributed by atoms with Crippen molar-refractivity contribution in [2.24, 2.45) is 0 Å². The number of thioether (sulfide) groups is 1. The molecule has 4 heteroatoms. The molecule has 2 aromatic rings. The van der Waals surface area contributed by atoms with E-state index in [-0.39, 0.29) is 0 Å². The van der Waals surface area contributed by atoms with E-state index in [1.807, 2.05) is 13.0 Å². The summed E-state index contributed by atoms with van der Waals surface area (Å²) in [6.07, 6.45) is 2.06. The van der Waals surface area contributed by atoms with Gasteiger partial charge in [-0.25, -0.2) is 4.79 Å². The molecule has 0 spiro atoms. The van der Waals surface area contributed by atoms with Gasteiger partial charge in [0.05, 0.1) is 5.56 Å². The van der Waals surface area contributed by atoms with Gasteiger partial charge in [0, 0.05) is 17.1 Å². The van der Waals surface area contributed by atoms with Gasteiger partial charge in [0.2, 0.25) is 0 Å². The molecule has 0 atom stereocenters. The van der Waals surface area contributed by atoms with Crippen molar-refractivity contribution in [2.75, 3.05) is 11.6 Å². The average Bonchev–Trinajstić information content (AvgIpc) is 2.46. The Bertz CT molecular complexity index is 608. The Kier molecular flexibility index (Phi) is 4.69. The molecule has 0 unspecified atom stereocenters. The lowest BCUT2D eigenvalue weighted by Crippen LogP contribution is -2.03. The summed E-state index contributed by atoms with van der Waals surface area (Å²) in [4.78, 5) is 12.1. The predicted molar refractivity (Wildman–Crippen MR) is 83.7 cm³/mol. The van der Waals surface area contributed by atoms with Gasteiger partial charge in [-0.3, -0.25) is 0 Å². The van der Waals surface area contributed by atoms with Gasteiger partial charge >= 0.3 is 5.97 Å². The highest BCUT2D eigenvalue weighted by Gasteiger charge is 2.05. The van der Waals surface area contributed by atoms with Crippen molar-refractivity contribution in [3.05, 3.63) is 59.2 Å². The number of carboxylic acids is 1. The van der Waals surface area contributed by atoms with Crippen molar-refractivity contribution in [2.45, 2.75) is 18.4 Å². The third-order valence-electron chi connectivity index (χ3n) is 3.12. The number of aryl methyl sites for hydroxylation is 1. The average molecular weight is 287 g/mol. The van der Waals surface area contributed by atoms with Gasteiger partial charge < -0.3 is 10.4 Å². The Hall–Kier alpha value is -1.94. The van der Waals surface area contributed by atoms with Crippen LogP contribution in [-0.2, 0) is 6.54 Å². The summed E-state index contributed by atoms with van der Waals surface area (Å²) < 4.78 is 0. The van der Waals surface area contributed by atoms with Gasteiger partial charge in [-0.2, -0.15) is 0 Å². The zero-order valence-corrected chi connectivity index (χ0v) is 12.3. The summed E-state index contributed by atoms with van der Waals surface area (Å²) in [6.45, 7) is 2.63. The van der Waals surface area contributed by atoms with Crippen LogP contribution < -0.4 is 5.32 Å². The number of rotatable bonds is 5. The summed E-state index contributed by atoms with van der Waals surface area (Å²) in [5, 5.41) is 12.3. The Balaban J connectivity index is 2.04. The summed E-state index contributed by atoms with van der Waals surface area (Å²) in [7, 11) is 0. The van der Waals surface area contributed by atoms with E-state index in [1.165, 1.54) is 10.5 Å². The molecule has 0 aliphatic carbocycles. The molecule has 0 saturated carbocycles. The standard InChI is InChI=1S/C16H17NO2S/c1-11-9-13(16(18)19)5-8-15(11)17-10-12-3-6-14(20-2)7-4-12/h3-9,17H,10H2,1-2H3,(H,18,19). The second-order valence-electron chi connectivity index (χ2n) is 4.54. The zero-order chi connectivity index (χ0) is 14.5. The second kappa shape index (κ2) is 6.48. The van der Waals surface area contributed by atoms with Gasteiger partial charge in [-0.15, -0.1) is 11.8 Å². The summed E-state index contributed by atoms with van der Waals surface area (Å²) in [5.74, 6) is -0.896. The van der Waals surface area contributed by atoms with Crippen molar-refractivity contribution in [1.29, 1.82) is 0 Å². The quantitative estimate of drug-likeness (QED) is 0.815. The number of carbonyl (C=O) groups is 1.